The highest BCUT2D eigenvalue weighted by Crippen LogP contribution is 1.98. The van der Waals surface area contributed by atoms with Gasteiger partial charge in [-0.05, 0) is 5.56 Å². The van der Waals surface area contributed by atoms with Gasteiger partial charge in [0.1, 0.15) is 0 Å². The molecule has 0 aliphatic rings. The number of benzene rings is 1. The minimum Gasteiger partial charge on any atom is -0.481 e. The smallest absolute Gasteiger partial charge is 0.307 e. The van der Waals surface area contributed by atoms with E-state index in [-0.39, 0.29) is 12.5 Å². The molecular formula is C8H8O2. The van der Waals surface area contributed by atoms with Gasteiger partial charge in [0.25, 0.3) is 0 Å². The molecule has 0 radical (unpaired) electrons. The quantitative estimate of drug-likeness (QED) is 0.667. The van der Waals surface area contributed by atoms with E-state index in [1.54, 1.807) is 24.3 Å². The van der Waals surface area contributed by atoms with Crippen LogP contribution in [0, 0.1) is 0 Å². The molecule has 1 aromatic rings. The Morgan fingerprint density at radius 1 is 1.60 bits per heavy atom. The van der Waals surface area contributed by atoms with Crippen LogP contribution in [0.4, 0.5) is 0 Å². The zero-order valence-corrected chi connectivity index (χ0v) is 5.37. The molecule has 0 bridgehead atoms. The summed E-state index contributed by atoms with van der Waals surface area (Å²) in [6.45, 7) is 0. The molecule has 0 aliphatic carbocycles. The molecule has 0 aromatic heterocycles. The van der Waals surface area contributed by atoms with E-state index in [0.29, 0.717) is 5.56 Å². The SMILES string of the molecule is [2H]c1ccccc1CC(=O)O. The number of aliphatic carboxylic acids is 1. The molecule has 1 N–H and O–H groups in total. The molecule has 0 spiro atoms. The standard InChI is InChI=1S/C8H8O2/c9-8(10)6-7-4-2-1-3-5-7/h1-5H,6H2,(H,9,10)/i4D. The normalized spacial score (nSPS) is 10.6. The van der Waals surface area contributed by atoms with Crippen LogP contribution < -0.4 is 0 Å². The number of carboxylic acid groups (broad SMARTS) is 1. The Kier molecular flexibility index (Phi) is 1.65. The molecule has 1 aromatic carbocycles. The Balaban J connectivity index is 2.86. The Morgan fingerprint density at radius 2 is 2.40 bits per heavy atom. The van der Waals surface area contributed by atoms with Crippen molar-refractivity contribution in [3.8, 4) is 0 Å². The van der Waals surface area contributed by atoms with Gasteiger partial charge in [0, 0.05) is 0 Å². The van der Waals surface area contributed by atoms with Gasteiger partial charge in [-0.25, -0.2) is 0 Å². The molecule has 1 rings (SSSR count). The lowest BCUT2D eigenvalue weighted by atomic mass is 10.2. The first-order chi connectivity index (χ1) is 5.20. The van der Waals surface area contributed by atoms with Crippen molar-refractivity contribution in [1.29, 1.82) is 0 Å². The number of carboxylic acids is 1. The van der Waals surface area contributed by atoms with E-state index in [9.17, 15) is 4.79 Å². The lowest BCUT2D eigenvalue weighted by Crippen LogP contribution is -1.98. The molecule has 2 nitrogen and oxygen atoms in total. The lowest BCUT2D eigenvalue weighted by molar-refractivity contribution is -0.136. The maximum absolute atomic E-state index is 10.2. The number of carbonyl (C=O) groups is 1. The molecule has 10 heavy (non-hydrogen) atoms. The van der Waals surface area contributed by atoms with Gasteiger partial charge in [0.05, 0.1) is 7.79 Å². The Labute approximate surface area is 60.5 Å². The summed E-state index contributed by atoms with van der Waals surface area (Å²) >= 11 is 0. The Bertz CT molecular complexity index is 271. The van der Waals surface area contributed by atoms with Gasteiger partial charge >= 0.3 is 5.97 Å². The predicted molar refractivity (Wildman–Crippen MR) is 37.8 cm³/mol. The lowest BCUT2D eigenvalue weighted by Gasteiger charge is -1.92. The predicted octanol–water partition coefficient (Wildman–Crippen LogP) is 1.31. The molecule has 0 atom stereocenters. The monoisotopic (exact) mass is 137 g/mol. The first-order valence-corrected chi connectivity index (χ1v) is 2.96. The highest BCUT2D eigenvalue weighted by molar-refractivity contribution is 5.70. The number of rotatable bonds is 2. The highest BCUT2D eigenvalue weighted by atomic mass is 16.4. The third kappa shape index (κ3) is 1.90. The summed E-state index contributed by atoms with van der Waals surface area (Å²) in [5, 5.41) is 8.41. The van der Waals surface area contributed by atoms with Crippen molar-refractivity contribution >= 4 is 5.97 Å². The van der Waals surface area contributed by atoms with E-state index in [1.807, 2.05) is 0 Å². The second kappa shape index (κ2) is 3.01. The van der Waals surface area contributed by atoms with Crippen molar-refractivity contribution in [2.24, 2.45) is 0 Å². The minimum absolute atomic E-state index is 0.0698. The van der Waals surface area contributed by atoms with Crippen molar-refractivity contribution < 1.29 is 11.3 Å². The van der Waals surface area contributed by atoms with Gasteiger partial charge in [0.15, 0.2) is 0 Å². The summed E-state index contributed by atoms with van der Waals surface area (Å²) in [6.07, 6.45) is -0.0698. The fourth-order valence-electron chi connectivity index (χ4n) is 0.703. The van der Waals surface area contributed by atoms with E-state index in [2.05, 4.69) is 0 Å². The summed E-state index contributed by atoms with van der Waals surface area (Å²) in [5.41, 5.74) is 0.556. The van der Waals surface area contributed by atoms with Crippen molar-refractivity contribution in [1.82, 2.24) is 0 Å². The van der Waals surface area contributed by atoms with Crippen LogP contribution in [0.2, 0.25) is 0 Å². The first-order valence-electron chi connectivity index (χ1n) is 3.46. The van der Waals surface area contributed by atoms with Crippen LogP contribution in [0.25, 0.3) is 0 Å². The van der Waals surface area contributed by atoms with Crippen LogP contribution in [-0.4, -0.2) is 11.1 Å². The van der Waals surface area contributed by atoms with Gasteiger partial charge in [-0.15, -0.1) is 0 Å². The topological polar surface area (TPSA) is 37.3 Å². The van der Waals surface area contributed by atoms with Gasteiger partial charge in [-0.3, -0.25) is 4.79 Å². The third-order valence-electron chi connectivity index (χ3n) is 1.12. The molecule has 0 unspecified atom stereocenters. The van der Waals surface area contributed by atoms with E-state index in [0.717, 1.165) is 0 Å². The second-order valence-electron chi connectivity index (χ2n) is 1.96. The van der Waals surface area contributed by atoms with Crippen LogP contribution in [0.3, 0.4) is 0 Å². The maximum Gasteiger partial charge on any atom is 0.307 e. The van der Waals surface area contributed by atoms with Crippen molar-refractivity contribution in [2.45, 2.75) is 6.42 Å². The third-order valence-corrected chi connectivity index (χ3v) is 1.12. The molecule has 2 heteroatoms. The molecule has 52 valence electrons. The molecular weight excluding hydrogens is 128 g/mol. The zero-order chi connectivity index (χ0) is 8.27. The zero-order valence-electron chi connectivity index (χ0n) is 6.37. The van der Waals surface area contributed by atoms with Gasteiger partial charge in [0.2, 0.25) is 0 Å². The van der Waals surface area contributed by atoms with Crippen LogP contribution in [0.15, 0.2) is 30.3 Å². The highest BCUT2D eigenvalue weighted by Gasteiger charge is 1.96. The number of hydrogen-bond donors (Lipinski definition) is 1. The van der Waals surface area contributed by atoms with E-state index < -0.39 is 5.97 Å². The average Bonchev–Trinajstić information content (AvgIpc) is 1.93. The van der Waals surface area contributed by atoms with Crippen molar-refractivity contribution in [2.75, 3.05) is 0 Å². The first kappa shape index (κ1) is 5.47. The van der Waals surface area contributed by atoms with Crippen LogP contribution in [0.5, 0.6) is 0 Å². The molecule has 0 saturated heterocycles. The molecule has 0 amide bonds. The van der Waals surface area contributed by atoms with Crippen molar-refractivity contribution in [3.63, 3.8) is 0 Å². The van der Waals surface area contributed by atoms with E-state index in [1.165, 1.54) is 0 Å². The average molecular weight is 137 g/mol. The summed E-state index contributed by atoms with van der Waals surface area (Å²) in [7, 11) is 0. The fourth-order valence-corrected chi connectivity index (χ4v) is 0.703. The van der Waals surface area contributed by atoms with E-state index >= 15 is 0 Å². The molecule has 0 fully saturated rings. The summed E-state index contributed by atoms with van der Waals surface area (Å²) < 4.78 is 7.30. The summed E-state index contributed by atoms with van der Waals surface area (Å²) in [4.78, 5) is 10.2. The summed E-state index contributed by atoms with van der Waals surface area (Å²) in [5.74, 6) is -0.898. The van der Waals surface area contributed by atoms with Gasteiger partial charge in [-0.1, -0.05) is 30.3 Å². The van der Waals surface area contributed by atoms with Gasteiger partial charge < -0.3 is 5.11 Å². The fraction of sp³-hybridized carbons (Fsp3) is 0.125. The Morgan fingerprint density at radius 3 is 3.00 bits per heavy atom. The van der Waals surface area contributed by atoms with Crippen LogP contribution in [-0.2, 0) is 11.2 Å². The number of hydrogen-bond acceptors (Lipinski definition) is 1. The van der Waals surface area contributed by atoms with Crippen LogP contribution >= 0.6 is 0 Å². The largest absolute Gasteiger partial charge is 0.481 e. The minimum atomic E-state index is -0.898. The van der Waals surface area contributed by atoms with E-state index in [4.69, 9.17) is 6.48 Å². The Hall–Kier alpha value is -1.31. The maximum atomic E-state index is 10.2. The second-order valence-corrected chi connectivity index (χ2v) is 1.96. The molecule has 0 saturated carbocycles. The van der Waals surface area contributed by atoms with Gasteiger partial charge in [-0.2, -0.15) is 0 Å². The van der Waals surface area contributed by atoms with Crippen molar-refractivity contribution in [3.05, 3.63) is 35.9 Å². The summed E-state index contributed by atoms with van der Waals surface area (Å²) in [6, 6.07) is 6.97. The van der Waals surface area contributed by atoms with Crippen LogP contribution in [0.1, 0.15) is 6.93 Å². The molecule has 0 aliphatic heterocycles. The molecule has 0 heterocycles.